The third-order valence-corrected chi connectivity index (χ3v) is 3.76. The highest BCUT2D eigenvalue weighted by Crippen LogP contribution is 2.28. The monoisotopic (exact) mass is 277 g/mol. The van der Waals surface area contributed by atoms with Crippen molar-refractivity contribution in [2.45, 2.75) is 26.2 Å². The van der Waals surface area contributed by atoms with Crippen LogP contribution in [0.15, 0.2) is 54.7 Å². The minimum absolute atomic E-state index is 0.314. The molecule has 2 aromatic carbocycles. The zero-order valence-corrected chi connectivity index (χ0v) is 12.2. The predicted octanol–water partition coefficient (Wildman–Crippen LogP) is 4.75. The van der Waals surface area contributed by atoms with Crippen molar-refractivity contribution in [1.29, 1.82) is 0 Å². The Morgan fingerprint density at radius 1 is 1.10 bits per heavy atom. The van der Waals surface area contributed by atoms with Gasteiger partial charge in [0.25, 0.3) is 0 Å². The standard InChI is InChI=1S/C19H19NO/c1-2-5-16(21)13-14-6-3-7-15(12-14)17-8-4-9-19-18(17)10-11-20-19/h3-4,6-12,20H,2,5,13H2,1H3. The highest BCUT2D eigenvalue weighted by atomic mass is 16.1. The van der Waals surface area contributed by atoms with Crippen molar-refractivity contribution >= 4 is 16.7 Å². The number of benzene rings is 2. The summed E-state index contributed by atoms with van der Waals surface area (Å²) in [5.41, 5.74) is 4.61. The van der Waals surface area contributed by atoms with Gasteiger partial charge in [-0.15, -0.1) is 0 Å². The van der Waals surface area contributed by atoms with Crippen LogP contribution in [0.1, 0.15) is 25.3 Å². The predicted molar refractivity (Wildman–Crippen MR) is 87.4 cm³/mol. The largest absolute Gasteiger partial charge is 0.361 e. The van der Waals surface area contributed by atoms with E-state index in [1.807, 2.05) is 25.3 Å². The molecule has 1 heterocycles. The number of ketones is 1. The molecule has 3 rings (SSSR count). The van der Waals surface area contributed by atoms with E-state index >= 15 is 0 Å². The zero-order chi connectivity index (χ0) is 14.7. The van der Waals surface area contributed by atoms with Crippen LogP contribution >= 0.6 is 0 Å². The molecular formula is C19H19NO. The normalized spacial score (nSPS) is 10.9. The molecule has 3 aromatic rings. The summed E-state index contributed by atoms with van der Waals surface area (Å²) in [6.45, 7) is 2.04. The highest BCUT2D eigenvalue weighted by molar-refractivity contribution is 5.95. The Morgan fingerprint density at radius 3 is 2.81 bits per heavy atom. The molecule has 0 radical (unpaired) electrons. The number of aromatic nitrogens is 1. The fourth-order valence-corrected chi connectivity index (χ4v) is 2.78. The minimum atomic E-state index is 0.314. The summed E-state index contributed by atoms with van der Waals surface area (Å²) in [7, 11) is 0. The Balaban J connectivity index is 1.96. The van der Waals surface area contributed by atoms with E-state index in [4.69, 9.17) is 0 Å². The zero-order valence-electron chi connectivity index (χ0n) is 12.2. The van der Waals surface area contributed by atoms with Gasteiger partial charge in [0.05, 0.1) is 0 Å². The lowest BCUT2D eigenvalue weighted by Crippen LogP contribution is -2.01. The van der Waals surface area contributed by atoms with Crippen molar-refractivity contribution in [3.63, 3.8) is 0 Å². The van der Waals surface area contributed by atoms with Gasteiger partial charge in [0, 0.05) is 29.9 Å². The molecule has 1 N–H and O–H groups in total. The van der Waals surface area contributed by atoms with Crippen LogP contribution in [0.3, 0.4) is 0 Å². The van der Waals surface area contributed by atoms with Crippen LogP contribution in [0.4, 0.5) is 0 Å². The van der Waals surface area contributed by atoms with Crippen molar-refractivity contribution in [2.24, 2.45) is 0 Å². The molecule has 2 heteroatoms. The molecule has 0 fully saturated rings. The Kier molecular flexibility index (Phi) is 3.87. The number of aromatic amines is 1. The van der Waals surface area contributed by atoms with Crippen molar-refractivity contribution in [3.8, 4) is 11.1 Å². The van der Waals surface area contributed by atoms with Gasteiger partial charge in [0.1, 0.15) is 5.78 Å². The summed E-state index contributed by atoms with van der Waals surface area (Å²) in [6, 6.07) is 16.7. The summed E-state index contributed by atoms with van der Waals surface area (Å²) in [6.07, 6.45) is 4.08. The molecule has 0 spiro atoms. The van der Waals surface area contributed by atoms with E-state index in [-0.39, 0.29) is 0 Å². The second-order valence-electron chi connectivity index (χ2n) is 5.41. The van der Waals surface area contributed by atoms with Crippen molar-refractivity contribution < 1.29 is 4.79 Å². The molecule has 0 unspecified atom stereocenters. The number of H-pyrrole nitrogens is 1. The van der Waals surface area contributed by atoms with Gasteiger partial charge < -0.3 is 4.98 Å². The summed E-state index contributed by atoms with van der Waals surface area (Å²) in [5, 5.41) is 1.22. The molecule has 21 heavy (non-hydrogen) atoms. The van der Waals surface area contributed by atoms with Crippen LogP contribution < -0.4 is 0 Å². The minimum Gasteiger partial charge on any atom is -0.361 e. The molecule has 0 saturated carbocycles. The quantitative estimate of drug-likeness (QED) is 0.717. The summed E-state index contributed by atoms with van der Waals surface area (Å²) >= 11 is 0. The van der Waals surface area contributed by atoms with E-state index in [2.05, 4.69) is 41.4 Å². The first-order chi connectivity index (χ1) is 10.3. The number of hydrogen-bond donors (Lipinski definition) is 1. The van der Waals surface area contributed by atoms with E-state index in [1.165, 1.54) is 16.5 Å². The van der Waals surface area contributed by atoms with Gasteiger partial charge in [-0.05, 0) is 35.2 Å². The number of hydrogen-bond acceptors (Lipinski definition) is 1. The molecule has 0 amide bonds. The maximum Gasteiger partial charge on any atom is 0.137 e. The molecule has 1 aromatic heterocycles. The van der Waals surface area contributed by atoms with Crippen LogP contribution in [0.2, 0.25) is 0 Å². The third-order valence-electron chi connectivity index (χ3n) is 3.76. The first kappa shape index (κ1) is 13.6. The number of rotatable bonds is 5. The number of carbonyl (C=O) groups excluding carboxylic acids is 1. The number of fused-ring (bicyclic) bond motifs is 1. The fourth-order valence-electron chi connectivity index (χ4n) is 2.78. The molecule has 2 nitrogen and oxygen atoms in total. The second kappa shape index (κ2) is 5.96. The average molecular weight is 277 g/mol. The van der Waals surface area contributed by atoms with E-state index in [1.54, 1.807) is 0 Å². The van der Waals surface area contributed by atoms with Crippen LogP contribution in [-0.4, -0.2) is 10.8 Å². The maximum atomic E-state index is 11.8. The van der Waals surface area contributed by atoms with E-state index in [9.17, 15) is 4.79 Å². The van der Waals surface area contributed by atoms with Crippen molar-refractivity contribution in [1.82, 2.24) is 4.98 Å². The molecular weight excluding hydrogens is 258 g/mol. The second-order valence-corrected chi connectivity index (χ2v) is 5.41. The van der Waals surface area contributed by atoms with E-state index in [0.717, 1.165) is 17.5 Å². The first-order valence-corrected chi connectivity index (χ1v) is 7.45. The van der Waals surface area contributed by atoms with E-state index < -0.39 is 0 Å². The van der Waals surface area contributed by atoms with Gasteiger partial charge >= 0.3 is 0 Å². The maximum absolute atomic E-state index is 11.8. The van der Waals surface area contributed by atoms with Gasteiger partial charge in [0.15, 0.2) is 0 Å². The number of carbonyl (C=O) groups is 1. The van der Waals surface area contributed by atoms with Crippen molar-refractivity contribution in [2.75, 3.05) is 0 Å². The molecule has 0 saturated heterocycles. The topological polar surface area (TPSA) is 32.9 Å². The molecule has 0 bridgehead atoms. The third kappa shape index (κ3) is 2.89. The Morgan fingerprint density at radius 2 is 1.95 bits per heavy atom. The first-order valence-electron chi connectivity index (χ1n) is 7.45. The SMILES string of the molecule is CCCC(=O)Cc1cccc(-c2cccc3[nH]ccc23)c1. The fraction of sp³-hybridized carbons (Fsp3) is 0.211. The number of Topliss-reactive ketones (excluding diaryl/α,β-unsaturated/α-hetero) is 1. The lowest BCUT2D eigenvalue weighted by atomic mass is 9.97. The lowest BCUT2D eigenvalue weighted by Gasteiger charge is -2.07. The molecule has 0 aliphatic carbocycles. The molecule has 106 valence electrons. The number of nitrogens with one attached hydrogen (secondary N) is 1. The highest BCUT2D eigenvalue weighted by Gasteiger charge is 2.07. The van der Waals surface area contributed by atoms with Crippen LogP contribution in [-0.2, 0) is 11.2 Å². The Bertz CT molecular complexity index is 770. The molecule has 0 aliphatic rings. The summed E-state index contributed by atoms with van der Waals surface area (Å²) in [5.74, 6) is 0.314. The van der Waals surface area contributed by atoms with E-state index in [0.29, 0.717) is 18.6 Å². The Hall–Kier alpha value is -2.35. The van der Waals surface area contributed by atoms with Gasteiger partial charge in [-0.2, -0.15) is 0 Å². The Labute approximate surface area is 124 Å². The van der Waals surface area contributed by atoms with Crippen LogP contribution in [0.25, 0.3) is 22.0 Å². The van der Waals surface area contributed by atoms with Gasteiger partial charge in [-0.25, -0.2) is 0 Å². The summed E-state index contributed by atoms with van der Waals surface area (Å²) < 4.78 is 0. The smallest absolute Gasteiger partial charge is 0.137 e. The van der Waals surface area contributed by atoms with Gasteiger partial charge in [-0.3, -0.25) is 4.79 Å². The lowest BCUT2D eigenvalue weighted by molar-refractivity contribution is -0.118. The van der Waals surface area contributed by atoms with Gasteiger partial charge in [-0.1, -0.05) is 43.3 Å². The van der Waals surface area contributed by atoms with Gasteiger partial charge in [0.2, 0.25) is 0 Å². The van der Waals surface area contributed by atoms with Crippen molar-refractivity contribution in [3.05, 3.63) is 60.3 Å². The molecule has 0 aliphatic heterocycles. The van der Waals surface area contributed by atoms with Crippen LogP contribution in [0.5, 0.6) is 0 Å². The summed E-state index contributed by atoms with van der Waals surface area (Å²) in [4.78, 5) is 15.1. The average Bonchev–Trinajstić information content (AvgIpc) is 2.96. The molecule has 0 atom stereocenters. The van der Waals surface area contributed by atoms with Crippen LogP contribution in [0, 0.1) is 0 Å².